The first-order valence-corrected chi connectivity index (χ1v) is 17.9. The number of anilines is 1. The molecule has 2 bridgehead atoms. The summed E-state index contributed by atoms with van der Waals surface area (Å²) in [4.78, 5) is 13.3. The molecule has 5 atom stereocenters. The molecule has 1 saturated carbocycles. The zero-order valence-corrected chi connectivity index (χ0v) is 27.1. The first-order chi connectivity index (χ1) is 19.3. The number of aryl methyl sites for hydroxylation is 1. The normalized spacial score (nSPS) is 28.4. The number of rotatable bonds is 1. The van der Waals surface area contributed by atoms with E-state index in [0.29, 0.717) is 22.0 Å². The number of carbonyl (C=O) groups excluding carboxylic acids is 1. The SMILES string of the molecule is COC1C=CCC(C)C(C)[S-](=O)=NC(=O)c2ccc3c(c2)N(Cc2ccc(Cl)cc2CCCCO3)[I-]C2CCC12. The van der Waals surface area contributed by atoms with E-state index in [1.165, 1.54) is 17.5 Å². The van der Waals surface area contributed by atoms with Gasteiger partial charge in [0.2, 0.25) is 0 Å². The molecule has 2 aromatic rings. The third-order valence-corrected chi connectivity index (χ3v) is 13.8. The summed E-state index contributed by atoms with van der Waals surface area (Å²) < 4.78 is 32.5. The van der Waals surface area contributed by atoms with Crippen molar-refractivity contribution in [2.45, 2.75) is 74.2 Å². The predicted molar refractivity (Wildman–Crippen MR) is 157 cm³/mol. The Bertz CT molecular complexity index is 1340. The molecule has 0 aromatic heterocycles. The van der Waals surface area contributed by atoms with Gasteiger partial charge in [-0.15, -0.1) is 0 Å². The number of hydrogen-bond donors (Lipinski definition) is 0. The van der Waals surface area contributed by atoms with E-state index in [0.717, 1.165) is 55.1 Å². The summed E-state index contributed by atoms with van der Waals surface area (Å²) in [6, 6.07) is 11.8. The Labute approximate surface area is 255 Å². The molecule has 0 spiro atoms. The molecule has 2 aliphatic heterocycles. The van der Waals surface area contributed by atoms with Gasteiger partial charge in [0.1, 0.15) is 0 Å². The average Bonchev–Trinajstić information content (AvgIpc) is 2.96. The summed E-state index contributed by atoms with van der Waals surface area (Å²) in [7, 11) is 0.174. The molecule has 0 radical (unpaired) electrons. The maximum absolute atomic E-state index is 13.3. The Hall–Kier alpha value is -1.62. The number of alkyl halides is 1. The minimum absolute atomic E-state index is 0.0581. The van der Waals surface area contributed by atoms with E-state index in [4.69, 9.17) is 21.1 Å². The minimum atomic E-state index is -1.63. The maximum atomic E-state index is 13.3. The van der Waals surface area contributed by atoms with E-state index in [1.807, 2.05) is 25.1 Å². The summed E-state index contributed by atoms with van der Waals surface area (Å²) in [6.07, 6.45) is 10.4. The van der Waals surface area contributed by atoms with Crippen LogP contribution in [0.1, 0.15) is 67.4 Å². The van der Waals surface area contributed by atoms with E-state index < -0.39 is 38.0 Å². The van der Waals surface area contributed by atoms with Crippen LogP contribution in [-0.2, 0) is 32.5 Å². The fourth-order valence-electron chi connectivity index (χ4n) is 5.42. The van der Waals surface area contributed by atoms with Gasteiger partial charge in [0.05, 0.1) is 0 Å². The van der Waals surface area contributed by atoms with Gasteiger partial charge in [-0.25, -0.2) is 0 Å². The third kappa shape index (κ3) is 6.88. The Kier molecular flexibility index (Phi) is 10.1. The number of fused-ring (bicyclic) bond motifs is 3. The molecule has 2 heterocycles. The van der Waals surface area contributed by atoms with Crippen LogP contribution in [0.3, 0.4) is 0 Å². The summed E-state index contributed by atoms with van der Waals surface area (Å²) in [5, 5.41) is 0.515. The molecule has 1 amide bonds. The van der Waals surface area contributed by atoms with E-state index in [2.05, 4.69) is 38.7 Å². The summed E-state index contributed by atoms with van der Waals surface area (Å²) in [6.45, 7) is 5.30. The molecular formula is C31H38ClIN2O4S-2. The second-order valence-corrected chi connectivity index (χ2v) is 16.2. The van der Waals surface area contributed by atoms with Crippen LogP contribution in [-0.4, -0.2) is 34.9 Å². The van der Waals surface area contributed by atoms with Gasteiger partial charge in [-0.3, -0.25) is 0 Å². The van der Waals surface area contributed by atoms with Crippen molar-refractivity contribution >= 4 is 33.8 Å². The third-order valence-electron chi connectivity index (χ3n) is 8.35. The fraction of sp³-hybridized carbons (Fsp3) is 0.516. The quantitative estimate of drug-likeness (QED) is 0.148. The Morgan fingerprint density at radius 1 is 1.12 bits per heavy atom. The monoisotopic (exact) mass is 696 g/mol. The second kappa shape index (κ2) is 13.6. The zero-order valence-electron chi connectivity index (χ0n) is 23.4. The Morgan fingerprint density at radius 2 is 1.98 bits per heavy atom. The van der Waals surface area contributed by atoms with Crippen LogP contribution in [0.5, 0.6) is 5.75 Å². The number of ether oxygens (including phenoxy) is 2. The molecule has 0 N–H and O–H groups in total. The average molecular weight is 697 g/mol. The number of hydrogen-bond acceptors (Lipinski definition) is 6. The fourth-order valence-corrected chi connectivity index (χ4v) is 10.5. The Morgan fingerprint density at radius 3 is 2.75 bits per heavy atom. The molecule has 1 aliphatic carbocycles. The molecular weight excluding hydrogens is 659 g/mol. The van der Waals surface area contributed by atoms with Gasteiger partial charge in [-0.05, 0) is 0 Å². The van der Waals surface area contributed by atoms with Crippen molar-refractivity contribution in [3.8, 4) is 5.75 Å². The van der Waals surface area contributed by atoms with Crippen LogP contribution >= 0.6 is 11.6 Å². The molecule has 5 rings (SSSR count). The summed E-state index contributed by atoms with van der Waals surface area (Å²) in [5.41, 5.74) is 3.90. The number of allylic oxidation sites excluding steroid dienone is 1. The summed E-state index contributed by atoms with van der Waals surface area (Å²) >= 11 is 5.92. The number of amides is 1. The van der Waals surface area contributed by atoms with Crippen molar-refractivity contribution in [1.82, 2.24) is 0 Å². The molecule has 5 unspecified atom stereocenters. The van der Waals surface area contributed by atoms with E-state index in [1.54, 1.807) is 13.2 Å². The van der Waals surface area contributed by atoms with E-state index >= 15 is 0 Å². The van der Waals surface area contributed by atoms with Crippen LogP contribution in [0.15, 0.2) is 52.9 Å². The van der Waals surface area contributed by atoms with Crippen LogP contribution in [0, 0.1) is 11.8 Å². The molecule has 40 heavy (non-hydrogen) atoms. The van der Waals surface area contributed by atoms with Crippen molar-refractivity contribution in [1.29, 1.82) is 0 Å². The van der Waals surface area contributed by atoms with Gasteiger partial charge in [0.25, 0.3) is 0 Å². The van der Waals surface area contributed by atoms with Crippen molar-refractivity contribution in [3.63, 3.8) is 0 Å². The molecule has 6 nitrogen and oxygen atoms in total. The van der Waals surface area contributed by atoms with Gasteiger partial charge in [-0.1, -0.05) is 0 Å². The first-order valence-electron chi connectivity index (χ1n) is 14.2. The van der Waals surface area contributed by atoms with Crippen LogP contribution in [0.2, 0.25) is 5.02 Å². The van der Waals surface area contributed by atoms with E-state index in [-0.39, 0.29) is 17.3 Å². The molecule has 9 heteroatoms. The van der Waals surface area contributed by atoms with E-state index in [9.17, 15) is 9.00 Å². The van der Waals surface area contributed by atoms with Crippen LogP contribution in [0.4, 0.5) is 5.69 Å². The van der Waals surface area contributed by atoms with Gasteiger partial charge >= 0.3 is 257 Å². The van der Waals surface area contributed by atoms with Crippen molar-refractivity contribution < 1.29 is 40.0 Å². The van der Waals surface area contributed by atoms with Crippen molar-refractivity contribution in [2.75, 3.05) is 16.8 Å². The number of carbonyl (C=O) groups is 1. The van der Waals surface area contributed by atoms with Crippen LogP contribution in [0.25, 0.3) is 0 Å². The zero-order chi connectivity index (χ0) is 28.2. The topological polar surface area (TPSA) is 68.2 Å². The van der Waals surface area contributed by atoms with Gasteiger partial charge in [0.15, 0.2) is 0 Å². The van der Waals surface area contributed by atoms with Crippen molar-refractivity contribution in [2.24, 2.45) is 16.2 Å². The molecule has 2 aromatic carbocycles. The number of benzene rings is 2. The molecule has 3 aliphatic rings. The van der Waals surface area contributed by atoms with Crippen LogP contribution < -0.4 is 29.3 Å². The molecule has 218 valence electrons. The van der Waals surface area contributed by atoms with Gasteiger partial charge < -0.3 is 0 Å². The first kappa shape index (κ1) is 29.9. The van der Waals surface area contributed by atoms with Gasteiger partial charge in [-0.2, -0.15) is 0 Å². The number of methoxy groups -OCH3 is 1. The molecule has 1 fully saturated rings. The predicted octanol–water partition coefficient (Wildman–Crippen LogP) is 4.13. The van der Waals surface area contributed by atoms with Crippen molar-refractivity contribution in [3.05, 3.63) is 70.3 Å². The van der Waals surface area contributed by atoms with Gasteiger partial charge in [0, 0.05) is 0 Å². The summed E-state index contributed by atoms with van der Waals surface area (Å²) in [5.74, 6) is 0.921. The standard InChI is InChI=1S/C31H38ClIN2O4S/c1-20-7-6-9-29(38-3)26-13-14-27(26)33-35-19-24-10-12-25(32)17-22(24)8-4-5-16-39-30-15-11-23(18-28(30)35)31(36)34-40(37)21(20)2/h6,9-12,15,17-18,20-21,26-27,29H,4-5,7-8,13-14,16,19H2,1-3H3/q-2. The number of nitrogens with zero attached hydrogens (tertiary/aromatic N) is 2. The Balaban J connectivity index is 1.62. The molecule has 0 saturated heterocycles. The second-order valence-electron chi connectivity index (χ2n) is 11.0. The number of halogens is 2.